The molecule has 0 aliphatic heterocycles. The van der Waals surface area contributed by atoms with Crippen molar-refractivity contribution in [2.75, 3.05) is 6.61 Å². The molecule has 0 atom stereocenters. The van der Waals surface area contributed by atoms with Gasteiger partial charge in [0.15, 0.2) is 12.4 Å². The van der Waals surface area contributed by atoms with Crippen LogP contribution in [-0.2, 0) is 7.05 Å². The molecule has 0 aliphatic carbocycles. The Hall–Kier alpha value is -2.36. The molecule has 4 nitrogen and oxygen atoms in total. The van der Waals surface area contributed by atoms with E-state index in [1.165, 1.54) is 6.92 Å². The Morgan fingerprint density at radius 2 is 1.90 bits per heavy atom. The van der Waals surface area contributed by atoms with E-state index in [1.54, 1.807) is 24.3 Å². The maximum Gasteiger partial charge on any atom is 0.202 e. The molecule has 0 bridgehead atoms. The smallest absolute Gasteiger partial charge is 0.202 e. The normalized spacial score (nSPS) is 10.5. The van der Waals surface area contributed by atoms with E-state index < -0.39 is 0 Å². The average molecular weight is 285 g/mol. The Morgan fingerprint density at radius 3 is 2.48 bits per heavy atom. The van der Waals surface area contributed by atoms with E-state index in [0.29, 0.717) is 16.9 Å². The van der Waals surface area contributed by atoms with Crippen molar-refractivity contribution in [1.29, 1.82) is 0 Å². The van der Waals surface area contributed by atoms with Crippen LogP contribution in [0.3, 0.4) is 0 Å². The van der Waals surface area contributed by atoms with Crippen molar-refractivity contribution in [3.8, 4) is 5.75 Å². The Labute approximate surface area is 124 Å². The van der Waals surface area contributed by atoms with Gasteiger partial charge in [-0.15, -0.1) is 0 Å². The summed E-state index contributed by atoms with van der Waals surface area (Å²) in [5.74, 6) is 0.437. The van der Waals surface area contributed by atoms with Crippen LogP contribution >= 0.6 is 0 Å². The van der Waals surface area contributed by atoms with Crippen LogP contribution in [0.1, 0.15) is 39.0 Å². The van der Waals surface area contributed by atoms with Gasteiger partial charge in [0.2, 0.25) is 5.78 Å². The Bertz CT molecular complexity index is 698. The van der Waals surface area contributed by atoms with E-state index in [4.69, 9.17) is 4.74 Å². The summed E-state index contributed by atoms with van der Waals surface area (Å²) in [6, 6.07) is 8.73. The molecule has 0 fully saturated rings. The summed E-state index contributed by atoms with van der Waals surface area (Å²) in [6.45, 7) is 5.34. The van der Waals surface area contributed by atoms with Gasteiger partial charge < -0.3 is 9.30 Å². The van der Waals surface area contributed by atoms with E-state index in [1.807, 2.05) is 31.5 Å². The van der Waals surface area contributed by atoms with Crippen LogP contribution in [0.15, 0.2) is 30.3 Å². The highest BCUT2D eigenvalue weighted by atomic mass is 16.5. The summed E-state index contributed by atoms with van der Waals surface area (Å²) < 4.78 is 7.48. The zero-order valence-electron chi connectivity index (χ0n) is 12.8. The third kappa shape index (κ3) is 3.21. The summed E-state index contributed by atoms with van der Waals surface area (Å²) in [7, 11) is 1.93. The van der Waals surface area contributed by atoms with Crippen molar-refractivity contribution in [1.82, 2.24) is 4.57 Å². The predicted molar refractivity (Wildman–Crippen MR) is 81.2 cm³/mol. The minimum absolute atomic E-state index is 0.0266. The Balaban J connectivity index is 2.09. The molecule has 110 valence electrons. The van der Waals surface area contributed by atoms with Gasteiger partial charge in [0.1, 0.15) is 5.75 Å². The van der Waals surface area contributed by atoms with Crippen molar-refractivity contribution in [2.45, 2.75) is 20.8 Å². The van der Waals surface area contributed by atoms with Crippen LogP contribution in [0, 0.1) is 13.8 Å². The first-order valence-electron chi connectivity index (χ1n) is 6.80. The molecule has 0 radical (unpaired) electrons. The number of benzene rings is 1. The standard InChI is InChI=1S/C17H19NO3/c1-11-8-16(12(2)18(11)4)17(20)10-21-15-7-5-6-14(9-15)13(3)19/h5-9H,10H2,1-4H3. The number of aryl methyl sites for hydroxylation is 1. The van der Waals surface area contributed by atoms with Gasteiger partial charge in [0.25, 0.3) is 0 Å². The lowest BCUT2D eigenvalue weighted by atomic mass is 10.1. The number of rotatable bonds is 5. The third-order valence-corrected chi connectivity index (χ3v) is 3.69. The molecule has 0 N–H and O–H groups in total. The number of carbonyl (C=O) groups is 2. The molecule has 0 amide bonds. The van der Waals surface area contributed by atoms with Gasteiger partial charge in [-0.05, 0) is 39.0 Å². The SMILES string of the molecule is CC(=O)c1cccc(OCC(=O)c2cc(C)n(C)c2C)c1. The second kappa shape index (κ2) is 5.95. The summed E-state index contributed by atoms with van der Waals surface area (Å²) in [5, 5.41) is 0. The van der Waals surface area contributed by atoms with Gasteiger partial charge >= 0.3 is 0 Å². The average Bonchev–Trinajstić information content (AvgIpc) is 2.73. The van der Waals surface area contributed by atoms with E-state index in [-0.39, 0.29) is 18.2 Å². The van der Waals surface area contributed by atoms with Crippen LogP contribution in [0.2, 0.25) is 0 Å². The van der Waals surface area contributed by atoms with Gasteiger partial charge in [-0.25, -0.2) is 0 Å². The highest BCUT2D eigenvalue weighted by Crippen LogP contribution is 2.17. The summed E-state index contributed by atoms with van der Waals surface area (Å²) in [4.78, 5) is 23.5. The second-order valence-corrected chi connectivity index (χ2v) is 5.14. The van der Waals surface area contributed by atoms with Crippen molar-refractivity contribution in [3.63, 3.8) is 0 Å². The predicted octanol–water partition coefficient (Wildman–Crippen LogP) is 3.11. The molecule has 1 heterocycles. The van der Waals surface area contributed by atoms with E-state index in [2.05, 4.69) is 0 Å². The van der Waals surface area contributed by atoms with E-state index in [0.717, 1.165) is 11.4 Å². The minimum Gasteiger partial charge on any atom is -0.485 e. The zero-order valence-corrected chi connectivity index (χ0v) is 12.8. The number of ketones is 2. The highest BCUT2D eigenvalue weighted by molar-refractivity contribution is 5.98. The number of hydrogen-bond acceptors (Lipinski definition) is 3. The molecule has 0 aliphatic rings. The van der Waals surface area contributed by atoms with E-state index >= 15 is 0 Å². The van der Waals surface area contributed by atoms with Crippen molar-refractivity contribution < 1.29 is 14.3 Å². The summed E-state index contributed by atoms with van der Waals surface area (Å²) >= 11 is 0. The molecule has 2 rings (SSSR count). The Kier molecular flexibility index (Phi) is 4.26. The maximum absolute atomic E-state index is 12.2. The highest BCUT2D eigenvalue weighted by Gasteiger charge is 2.14. The monoisotopic (exact) mass is 285 g/mol. The minimum atomic E-state index is -0.0653. The number of nitrogens with zero attached hydrogens (tertiary/aromatic N) is 1. The molecule has 0 saturated carbocycles. The molecular formula is C17H19NO3. The summed E-state index contributed by atoms with van der Waals surface area (Å²) in [6.07, 6.45) is 0. The fraction of sp³-hybridized carbons (Fsp3) is 0.294. The van der Waals surface area contributed by atoms with Crippen molar-refractivity contribution in [3.05, 3.63) is 52.8 Å². The quantitative estimate of drug-likeness (QED) is 0.793. The largest absolute Gasteiger partial charge is 0.485 e. The molecule has 0 spiro atoms. The van der Waals surface area contributed by atoms with Crippen molar-refractivity contribution >= 4 is 11.6 Å². The van der Waals surface area contributed by atoms with E-state index in [9.17, 15) is 9.59 Å². The van der Waals surface area contributed by atoms with Crippen LogP contribution in [0.4, 0.5) is 0 Å². The number of hydrogen-bond donors (Lipinski definition) is 0. The van der Waals surface area contributed by atoms with Gasteiger partial charge in [-0.1, -0.05) is 12.1 Å². The topological polar surface area (TPSA) is 48.3 Å². The van der Waals surface area contributed by atoms with Gasteiger partial charge in [-0.2, -0.15) is 0 Å². The summed E-state index contributed by atoms with van der Waals surface area (Å²) in [5.41, 5.74) is 3.22. The number of carbonyl (C=O) groups excluding carboxylic acids is 2. The number of aromatic nitrogens is 1. The molecule has 0 unspecified atom stereocenters. The fourth-order valence-electron chi connectivity index (χ4n) is 2.17. The first-order valence-corrected chi connectivity index (χ1v) is 6.80. The lowest BCUT2D eigenvalue weighted by Gasteiger charge is -2.07. The van der Waals surface area contributed by atoms with Gasteiger partial charge in [-0.3, -0.25) is 9.59 Å². The lowest BCUT2D eigenvalue weighted by Crippen LogP contribution is -2.12. The van der Waals surface area contributed by atoms with Gasteiger partial charge in [0, 0.05) is 29.6 Å². The second-order valence-electron chi connectivity index (χ2n) is 5.14. The first kappa shape index (κ1) is 15.0. The fourth-order valence-corrected chi connectivity index (χ4v) is 2.17. The van der Waals surface area contributed by atoms with Crippen LogP contribution in [0.25, 0.3) is 0 Å². The molecule has 2 aromatic rings. The maximum atomic E-state index is 12.2. The number of Topliss-reactive ketones (excluding diaryl/α,β-unsaturated/α-hetero) is 2. The van der Waals surface area contributed by atoms with Crippen LogP contribution in [0.5, 0.6) is 5.75 Å². The molecule has 1 aromatic heterocycles. The molecule has 21 heavy (non-hydrogen) atoms. The molecular weight excluding hydrogens is 266 g/mol. The first-order chi connectivity index (χ1) is 9.90. The third-order valence-electron chi connectivity index (χ3n) is 3.69. The molecule has 0 saturated heterocycles. The molecule has 4 heteroatoms. The zero-order chi connectivity index (χ0) is 15.6. The van der Waals surface area contributed by atoms with Crippen LogP contribution in [-0.4, -0.2) is 22.7 Å². The van der Waals surface area contributed by atoms with Crippen LogP contribution < -0.4 is 4.74 Å². The lowest BCUT2D eigenvalue weighted by molar-refractivity contribution is 0.0921. The Morgan fingerprint density at radius 1 is 1.19 bits per heavy atom. The molecule has 1 aromatic carbocycles. The van der Waals surface area contributed by atoms with Gasteiger partial charge in [0.05, 0.1) is 0 Å². The van der Waals surface area contributed by atoms with Crippen molar-refractivity contribution in [2.24, 2.45) is 7.05 Å². The number of ether oxygens (including phenoxy) is 1.